The van der Waals surface area contributed by atoms with Gasteiger partial charge >= 0.3 is 0 Å². The average molecular weight is 284 g/mol. The number of benzene rings is 1. The average Bonchev–Trinajstić information content (AvgIpc) is 2.92. The lowest BCUT2D eigenvalue weighted by Gasteiger charge is -2.06. The van der Waals surface area contributed by atoms with E-state index in [0.29, 0.717) is 24.1 Å². The molecule has 108 valence electrons. The Morgan fingerprint density at radius 1 is 1.14 bits per heavy atom. The van der Waals surface area contributed by atoms with Crippen LogP contribution in [0.1, 0.15) is 5.56 Å². The highest BCUT2D eigenvalue weighted by Gasteiger charge is 2.09. The number of aliphatic hydroxyl groups is 1. The number of aromatic nitrogens is 4. The van der Waals surface area contributed by atoms with E-state index in [-0.39, 0.29) is 12.2 Å². The molecule has 6 nitrogen and oxygen atoms in total. The maximum Gasteiger partial charge on any atom is 0.264 e. The van der Waals surface area contributed by atoms with Crippen LogP contribution in [0.4, 0.5) is 0 Å². The van der Waals surface area contributed by atoms with E-state index < -0.39 is 0 Å². The van der Waals surface area contributed by atoms with E-state index in [1.165, 1.54) is 16.4 Å². The molecule has 0 saturated heterocycles. The molecule has 21 heavy (non-hydrogen) atoms. The quantitative estimate of drug-likeness (QED) is 0.753. The molecule has 1 N–H and O–H groups in total. The van der Waals surface area contributed by atoms with Crippen molar-refractivity contribution in [3.63, 3.8) is 0 Å². The smallest absolute Gasteiger partial charge is 0.264 e. The predicted octanol–water partition coefficient (Wildman–Crippen LogP) is 0.828. The Morgan fingerprint density at radius 3 is 2.71 bits per heavy atom. The summed E-state index contributed by atoms with van der Waals surface area (Å²) in [5.74, 6) is 0. The lowest BCUT2D eigenvalue weighted by molar-refractivity contribution is 0.271. The predicted molar refractivity (Wildman–Crippen MR) is 79.0 cm³/mol. The van der Waals surface area contributed by atoms with Gasteiger partial charge in [-0.05, 0) is 12.0 Å². The van der Waals surface area contributed by atoms with Gasteiger partial charge in [-0.15, -0.1) is 0 Å². The molecule has 0 aliphatic rings. The molecule has 0 spiro atoms. The van der Waals surface area contributed by atoms with E-state index in [1.807, 2.05) is 30.3 Å². The molecular weight excluding hydrogens is 268 g/mol. The zero-order valence-electron chi connectivity index (χ0n) is 11.5. The van der Waals surface area contributed by atoms with Crippen molar-refractivity contribution < 1.29 is 5.11 Å². The molecule has 0 bridgehead atoms. The van der Waals surface area contributed by atoms with Crippen molar-refractivity contribution in [2.24, 2.45) is 0 Å². The number of hydrogen-bond acceptors (Lipinski definition) is 4. The largest absolute Gasteiger partial charge is 0.394 e. The first kappa shape index (κ1) is 13.5. The van der Waals surface area contributed by atoms with Gasteiger partial charge in [0.05, 0.1) is 25.7 Å². The van der Waals surface area contributed by atoms with E-state index in [2.05, 4.69) is 10.1 Å². The molecule has 3 rings (SSSR count). The van der Waals surface area contributed by atoms with Gasteiger partial charge in [-0.1, -0.05) is 30.3 Å². The summed E-state index contributed by atoms with van der Waals surface area (Å²) in [5, 5.41) is 13.5. The lowest BCUT2D eigenvalue weighted by Crippen LogP contribution is -2.21. The molecule has 0 fully saturated rings. The zero-order chi connectivity index (χ0) is 14.7. The fraction of sp³-hybridized carbons (Fsp3) is 0.267. The van der Waals surface area contributed by atoms with Crippen LogP contribution in [0, 0.1) is 0 Å². The van der Waals surface area contributed by atoms with Crippen molar-refractivity contribution in [3.8, 4) is 0 Å². The van der Waals surface area contributed by atoms with Crippen LogP contribution in [0.25, 0.3) is 11.0 Å². The minimum atomic E-state index is -0.0971. The SMILES string of the molecule is O=c1c2cnn(CCO)c2ncn1CCc1ccccc1. The van der Waals surface area contributed by atoms with Gasteiger partial charge in [0, 0.05) is 6.54 Å². The molecule has 1 aromatic carbocycles. The number of aliphatic hydroxyl groups excluding tert-OH is 1. The molecular formula is C15H16N4O2. The van der Waals surface area contributed by atoms with Crippen LogP contribution in [-0.2, 0) is 19.5 Å². The highest BCUT2D eigenvalue weighted by molar-refractivity contribution is 5.72. The highest BCUT2D eigenvalue weighted by atomic mass is 16.3. The summed E-state index contributed by atoms with van der Waals surface area (Å²) >= 11 is 0. The van der Waals surface area contributed by atoms with E-state index in [1.54, 1.807) is 10.9 Å². The van der Waals surface area contributed by atoms with E-state index >= 15 is 0 Å². The normalized spacial score (nSPS) is 11.1. The van der Waals surface area contributed by atoms with Crippen molar-refractivity contribution >= 4 is 11.0 Å². The molecule has 0 saturated carbocycles. The van der Waals surface area contributed by atoms with Crippen LogP contribution in [0.2, 0.25) is 0 Å². The first-order valence-corrected chi connectivity index (χ1v) is 6.85. The molecule has 0 amide bonds. The molecule has 0 radical (unpaired) electrons. The third kappa shape index (κ3) is 2.71. The van der Waals surface area contributed by atoms with Crippen molar-refractivity contribution in [2.45, 2.75) is 19.5 Å². The summed E-state index contributed by atoms with van der Waals surface area (Å²) in [6, 6.07) is 10.0. The first-order valence-electron chi connectivity index (χ1n) is 6.85. The van der Waals surface area contributed by atoms with Gasteiger partial charge in [0.15, 0.2) is 5.65 Å². The molecule has 0 unspecified atom stereocenters. The Morgan fingerprint density at radius 2 is 1.95 bits per heavy atom. The topological polar surface area (TPSA) is 72.9 Å². The van der Waals surface area contributed by atoms with Gasteiger partial charge in [0.1, 0.15) is 5.39 Å². The number of hydrogen-bond donors (Lipinski definition) is 1. The minimum Gasteiger partial charge on any atom is -0.394 e. The second-order valence-electron chi connectivity index (χ2n) is 4.81. The molecule has 6 heteroatoms. The van der Waals surface area contributed by atoms with Gasteiger partial charge < -0.3 is 5.11 Å². The fourth-order valence-corrected chi connectivity index (χ4v) is 2.31. The summed E-state index contributed by atoms with van der Waals surface area (Å²) in [6.45, 7) is 0.885. The number of fused-ring (bicyclic) bond motifs is 1. The van der Waals surface area contributed by atoms with Crippen LogP contribution in [0.15, 0.2) is 47.7 Å². The molecule has 2 heterocycles. The molecule has 0 aliphatic carbocycles. The third-order valence-electron chi connectivity index (χ3n) is 3.42. The Bertz CT molecular complexity index is 792. The van der Waals surface area contributed by atoms with Gasteiger partial charge in [0.2, 0.25) is 0 Å². The van der Waals surface area contributed by atoms with E-state index in [9.17, 15) is 4.79 Å². The Balaban J connectivity index is 1.87. The summed E-state index contributed by atoms with van der Waals surface area (Å²) in [4.78, 5) is 16.7. The van der Waals surface area contributed by atoms with Crippen molar-refractivity contribution in [3.05, 3.63) is 58.8 Å². The van der Waals surface area contributed by atoms with Crippen LogP contribution in [0.3, 0.4) is 0 Å². The van der Waals surface area contributed by atoms with Gasteiger partial charge in [-0.25, -0.2) is 9.67 Å². The van der Waals surface area contributed by atoms with Crippen molar-refractivity contribution in [1.82, 2.24) is 19.3 Å². The van der Waals surface area contributed by atoms with Crippen molar-refractivity contribution in [1.29, 1.82) is 0 Å². The number of aryl methyl sites for hydroxylation is 2. The lowest BCUT2D eigenvalue weighted by atomic mass is 10.1. The van der Waals surface area contributed by atoms with E-state index in [4.69, 9.17) is 5.11 Å². The number of rotatable bonds is 5. The van der Waals surface area contributed by atoms with Crippen LogP contribution < -0.4 is 5.56 Å². The van der Waals surface area contributed by atoms with Gasteiger partial charge in [-0.3, -0.25) is 9.36 Å². The minimum absolute atomic E-state index is 0.0322. The van der Waals surface area contributed by atoms with E-state index in [0.717, 1.165) is 6.42 Å². The Hall–Kier alpha value is -2.47. The third-order valence-corrected chi connectivity index (χ3v) is 3.42. The van der Waals surface area contributed by atoms with Crippen molar-refractivity contribution in [2.75, 3.05) is 6.61 Å². The van der Waals surface area contributed by atoms with Gasteiger partial charge in [0.25, 0.3) is 5.56 Å². The molecule has 0 atom stereocenters. The Kier molecular flexibility index (Phi) is 3.79. The zero-order valence-corrected chi connectivity index (χ0v) is 11.5. The van der Waals surface area contributed by atoms with Crippen LogP contribution >= 0.6 is 0 Å². The number of nitrogens with zero attached hydrogens (tertiary/aromatic N) is 4. The highest BCUT2D eigenvalue weighted by Crippen LogP contribution is 2.06. The summed E-state index contributed by atoms with van der Waals surface area (Å²) in [5.41, 5.74) is 1.60. The Labute approximate surface area is 121 Å². The summed E-state index contributed by atoms with van der Waals surface area (Å²) < 4.78 is 3.14. The molecule has 0 aliphatic heterocycles. The molecule has 2 aromatic heterocycles. The monoisotopic (exact) mass is 284 g/mol. The first-order chi connectivity index (χ1) is 10.3. The van der Waals surface area contributed by atoms with Gasteiger partial charge in [-0.2, -0.15) is 5.10 Å². The second kappa shape index (κ2) is 5.88. The standard InChI is InChI=1S/C15H16N4O2/c20-9-8-19-14-13(10-17-19)15(21)18(11-16-14)7-6-12-4-2-1-3-5-12/h1-5,10-11,20H,6-9H2. The molecule has 3 aromatic rings. The summed E-state index contributed by atoms with van der Waals surface area (Å²) in [6.07, 6.45) is 3.83. The second-order valence-corrected chi connectivity index (χ2v) is 4.81. The van der Waals surface area contributed by atoms with Crippen LogP contribution in [-0.4, -0.2) is 31.0 Å². The maximum absolute atomic E-state index is 12.4. The summed E-state index contributed by atoms with van der Waals surface area (Å²) in [7, 11) is 0. The maximum atomic E-state index is 12.4. The fourth-order valence-electron chi connectivity index (χ4n) is 2.31. The van der Waals surface area contributed by atoms with Crippen LogP contribution in [0.5, 0.6) is 0 Å².